The molecule has 1 aromatic rings. The van der Waals surface area contributed by atoms with Crippen molar-refractivity contribution >= 4 is 5.97 Å². The molecule has 0 bridgehead atoms. The molecule has 1 aromatic carbocycles. The number of aromatic hydroxyl groups is 1. The molecule has 15 heavy (non-hydrogen) atoms. The van der Waals surface area contributed by atoms with Gasteiger partial charge in [-0.25, -0.2) is 4.79 Å². The number of benzene rings is 1. The van der Waals surface area contributed by atoms with Gasteiger partial charge >= 0.3 is 5.97 Å². The number of aromatic carboxylic acids is 1. The third kappa shape index (κ3) is 2.19. The number of ether oxygens (including phenoxy) is 1. The van der Waals surface area contributed by atoms with Crippen LogP contribution in [0.2, 0.25) is 0 Å². The molecule has 0 aliphatic heterocycles. The first-order chi connectivity index (χ1) is 6.97. The zero-order chi connectivity index (χ0) is 11.6. The van der Waals surface area contributed by atoms with Crippen molar-refractivity contribution in [2.45, 2.75) is 13.0 Å². The molecule has 0 saturated carbocycles. The predicted octanol–water partition coefficient (Wildman–Crippen LogP) is 1.12. The van der Waals surface area contributed by atoms with E-state index in [-0.39, 0.29) is 23.1 Å². The monoisotopic (exact) mass is 211 g/mol. The molecule has 0 radical (unpaired) electrons. The fraction of sp³-hybridized carbons (Fsp3) is 0.300. The van der Waals surface area contributed by atoms with Crippen LogP contribution in [0.25, 0.3) is 0 Å². The highest BCUT2D eigenvalue weighted by molar-refractivity contribution is 5.92. The van der Waals surface area contributed by atoms with Crippen LogP contribution in [0.4, 0.5) is 0 Å². The van der Waals surface area contributed by atoms with E-state index in [0.29, 0.717) is 5.56 Å². The van der Waals surface area contributed by atoms with E-state index in [2.05, 4.69) is 0 Å². The Hall–Kier alpha value is -1.75. The smallest absolute Gasteiger partial charge is 0.339 e. The van der Waals surface area contributed by atoms with Crippen molar-refractivity contribution in [1.29, 1.82) is 0 Å². The summed E-state index contributed by atoms with van der Waals surface area (Å²) >= 11 is 0. The van der Waals surface area contributed by atoms with Gasteiger partial charge < -0.3 is 20.7 Å². The summed E-state index contributed by atoms with van der Waals surface area (Å²) in [5.41, 5.74) is 6.02. The Morgan fingerprint density at radius 2 is 2.13 bits per heavy atom. The molecular weight excluding hydrogens is 198 g/mol. The molecule has 0 fully saturated rings. The lowest BCUT2D eigenvalue weighted by Crippen LogP contribution is -2.08. The molecule has 1 rings (SSSR count). The van der Waals surface area contributed by atoms with Gasteiger partial charge in [0.25, 0.3) is 0 Å². The number of methoxy groups -OCH3 is 1. The normalized spacial score (nSPS) is 12.2. The summed E-state index contributed by atoms with van der Waals surface area (Å²) in [5, 5.41) is 18.4. The second-order valence-corrected chi connectivity index (χ2v) is 3.21. The Morgan fingerprint density at radius 3 is 2.53 bits per heavy atom. The summed E-state index contributed by atoms with van der Waals surface area (Å²) < 4.78 is 4.86. The van der Waals surface area contributed by atoms with Crippen molar-refractivity contribution < 1.29 is 19.7 Å². The maximum atomic E-state index is 10.8. The number of carboxylic acids is 1. The fourth-order valence-corrected chi connectivity index (χ4v) is 1.21. The summed E-state index contributed by atoms with van der Waals surface area (Å²) in [7, 11) is 1.35. The van der Waals surface area contributed by atoms with Gasteiger partial charge in [0.15, 0.2) is 11.5 Å². The van der Waals surface area contributed by atoms with E-state index in [4.69, 9.17) is 15.6 Å². The molecule has 1 unspecified atom stereocenters. The van der Waals surface area contributed by atoms with Crippen LogP contribution in [0.15, 0.2) is 12.1 Å². The van der Waals surface area contributed by atoms with E-state index >= 15 is 0 Å². The highest BCUT2D eigenvalue weighted by Gasteiger charge is 2.17. The van der Waals surface area contributed by atoms with Crippen molar-refractivity contribution in [3.8, 4) is 11.5 Å². The minimum absolute atomic E-state index is 0.113. The van der Waals surface area contributed by atoms with Crippen LogP contribution in [-0.2, 0) is 0 Å². The van der Waals surface area contributed by atoms with Gasteiger partial charge in [-0.15, -0.1) is 0 Å². The van der Waals surface area contributed by atoms with E-state index in [1.54, 1.807) is 6.92 Å². The Balaban J connectivity index is 3.38. The average molecular weight is 211 g/mol. The molecule has 0 amide bonds. The first-order valence-corrected chi connectivity index (χ1v) is 4.37. The second kappa shape index (κ2) is 4.18. The average Bonchev–Trinajstić information content (AvgIpc) is 2.17. The Kier molecular flexibility index (Phi) is 3.16. The van der Waals surface area contributed by atoms with E-state index < -0.39 is 5.97 Å². The largest absolute Gasteiger partial charge is 0.504 e. The first-order valence-electron chi connectivity index (χ1n) is 4.37. The predicted molar refractivity (Wildman–Crippen MR) is 54.2 cm³/mol. The molecule has 0 aliphatic rings. The molecule has 82 valence electrons. The standard InChI is InChI=1S/C10H13NO4/c1-5(11)6-3-7(10(13)14)9(12)8(4-6)15-2/h3-5,12H,11H2,1-2H3,(H,13,14). The van der Waals surface area contributed by atoms with Crippen LogP contribution in [0.5, 0.6) is 11.5 Å². The lowest BCUT2D eigenvalue weighted by Gasteiger charge is -2.11. The lowest BCUT2D eigenvalue weighted by atomic mass is 10.0. The number of rotatable bonds is 3. The Bertz CT molecular complexity index is 387. The van der Waals surface area contributed by atoms with E-state index in [9.17, 15) is 9.90 Å². The maximum absolute atomic E-state index is 10.8. The summed E-state index contributed by atoms with van der Waals surface area (Å²) in [6.45, 7) is 1.72. The molecule has 4 N–H and O–H groups in total. The fourth-order valence-electron chi connectivity index (χ4n) is 1.21. The van der Waals surface area contributed by atoms with Gasteiger partial charge in [0.2, 0.25) is 0 Å². The quantitative estimate of drug-likeness (QED) is 0.696. The SMILES string of the molecule is COc1cc(C(C)N)cc(C(=O)O)c1O. The van der Waals surface area contributed by atoms with Crippen molar-refractivity contribution in [1.82, 2.24) is 0 Å². The zero-order valence-electron chi connectivity index (χ0n) is 8.52. The third-order valence-corrected chi connectivity index (χ3v) is 2.07. The van der Waals surface area contributed by atoms with E-state index in [1.807, 2.05) is 0 Å². The van der Waals surface area contributed by atoms with Crippen LogP contribution in [0.3, 0.4) is 0 Å². The van der Waals surface area contributed by atoms with Crippen LogP contribution in [0.1, 0.15) is 28.9 Å². The number of carbonyl (C=O) groups is 1. The molecule has 5 heteroatoms. The Labute approximate surface area is 87.1 Å². The maximum Gasteiger partial charge on any atom is 0.339 e. The second-order valence-electron chi connectivity index (χ2n) is 3.21. The topological polar surface area (TPSA) is 92.8 Å². The van der Waals surface area contributed by atoms with Crippen LogP contribution in [-0.4, -0.2) is 23.3 Å². The minimum Gasteiger partial charge on any atom is -0.504 e. The van der Waals surface area contributed by atoms with Crippen molar-refractivity contribution in [3.05, 3.63) is 23.3 Å². The van der Waals surface area contributed by atoms with Gasteiger partial charge in [0.05, 0.1) is 7.11 Å². The van der Waals surface area contributed by atoms with Crippen LogP contribution >= 0.6 is 0 Å². The number of phenols is 1. The van der Waals surface area contributed by atoms with Crippen molar-refractivity contribution in [3.63, 3.8) is 0 Å². The highest BCUT2D eigenvalue weighted by Crippen LogP contribution is 2.32. The number of carboxylic acid groups (broad SMARTS) is 1. The van der Waals surface area contributed by atoms with E-state index in [0.717, 1.165) is 0 Å². The van der Waals surface area contributed by atoms with Crippen molar-refractivity contribution in [2.24, 2.45) is 5.73 Å². The number of hydrogen-bond acceptors (Lipinski definition) is 4. The molecule has 0 aromatic heterocycles. The molecule has 0 aliphatic carbocycles. The molecule has 0 saturated heterocycles. The Morgan fingerprint density at radius 1 is 1.53 bits per heavy atom. The van der Waals surface area contributed by atoms with Crippen LogP contribution in [0, 0.1) is 0 Å². The highest BCUT2D eigenvalue weighted by atomic mass is 16.5. The van der Waals surface area contributed by atoms with Gasteiger partial charge in [-0.3, -0.25) is 0 Å². The molecule has 1 atom stereocenters. The number of hydrogen-bond donors (Lipinski definition) is 3. The van der Waals surface area contributed by atoms with Gasteiger partial charge in [0, 0.05) is 6.04 Å². The van der Waals surface area contributed by atoms with Crippen LogP contribution < -0.4 is 10.5 Å². The summed E-state index contributed by atoms with van der Waals surface area (Å²) in [5.74, 6) is -1.48. The zero-order valence-corrected chi connectivity index (χ0v) is 8.52. The summed E-state index contributed by atoms with van der Waals surface area (Å²) in [4.78, 5) is 10.8. The van der Waals surface area contributed by atoms with Gasteiger partial charge in [-0.2, -0.15) is 0 Å². The molecular formula is C10H13NO4. The molecule has 0 spiro atoms. The third-order valence-electron chi connectivity index (χ3n) is 2.07. The lowest BCUT2D eigenvalue weighted by molar-refractivity contribution is 0.0693. The molecule has 0 heterocycles. The molecule has 5 nitrogen and oxygen atoms in total. The minimum atomic E-state index is -1.21. The van der Waals surface area contributed by atoms with Crippen molar-refractivity contribution in [2.75, 3.05) is 7.11 Å². The summed E-state index contributed by atoms with van der Waals surface area (Å²) in [6, 6.07) is 2.54. The van der Waals surface area contributed by atoms with Gasteiger partial charge in [-0.1, -0.05) is 0 Å². The van der Waals surface area contributed by atoms with E-state index in [1.165, 1.54) is 19.2 Å². The number of nitrogens with two attached hydrogens (primary N) is 1. The van der Waals surface area contributed by atoms with Gasteiger partial charge in [-0.05, 0) is 24.6 Å². The van der Waals surface area contributed by atoms with Gasteiger partial charge in [0.1, 0.15) is 5.56 Å². The first kappa shape index (κ1) is 11.3. The summed E-state index contributed by atoms with van der Waals surface area (Å²) in [6.07, 6.45) is 0.